The Bertz CT molecular complexity index is 1630. The second kappa shape index (κ2) is 16.5. The molecule has 0 spiro atoms. The van der Waals surface area contributed by atoms with Crippen molar-refractivity contribution >= 4 is 25.8 Å². The Kier molecular flexibility index (Phi) is 13.3. The van der Waals surface area contributed by atoms with Crippen molar-refractivity contribution in [3.05, 3.63) is 63.4 Å². The summed E-state index contributed by atoms with van der Waals surface area (Å²) < 4.78 is 62.6. The first kappa shape index (κ1) is 39.3. The molecule has 1 aliphatic heterocycles. The number of hydrogen-bond donors (Lipinski definition) is 3. The van der Waals surface area contributed by atoms with Gasteiger partial charge in [0.2, 0.25) is 0 Å². The van der Waals surface area contributed by atoms with E-state index < -0.39 is 98.6 Å². The molecule has 0 radical (unpaired) electrons. The predicted octanol–water partition coefficient (Wildman–Crippen LogP) is 2.01. The monoisotopic (exact) mass is 716 g/mol. The number of hydrogen-bond acceptors (Lipinski definition) is 13. The number of esters is 2. The third-order valence-corrected chi connectivity index (χ3v) is 8.86. The van der Waals surface area contributed by atoms with Crippen molar-refractivity contribution in [1.29, 1.82) is 0 Å². The number of carbonyl (C=O) groups is 3. The van der Waals surface area contributed by atoms with Crippen molar-refractivity contribution in [2.24, 2.45) is 5.92 Å². The predicted molar refractivity (Wildman–Crippen MR) is 169 cm³/mol. The van der Waals surface area contributed by atoms with Gasteiger partial charge in [-0.2, -0.15) is 5.09 Å². The quantitative estimate of drug-likeness (QED) is 0.137. The standard InChI is InChI=1S/C30H42FN4O13P/c1-17(2)23(32-28(40)43-7)26(39)44-16-35-22(36)13-14-34(29(35)41)27-30(6,31)24(37)21(47-27)15-45-49(42,48-20-11-9-8-10-12-20)33-19(5)25(38)46-18(3)4/h8-14,17-19,21,23-24,27,37H,15-16H2,1-7H3,(H,32,40)(H,33,42)/t19?,21-,23?,24-,27-,30-,49?/m1/s1. The minimum atomic E-state index is -4.44. The molecule has 3 unspecified atom stereocenters. The first-order chi connectivity index (χ1) is 22.9. The normalized spacial score (nSPS) is 23.0. The van der Waals surface area contributed by atoms with Gasteiger partial charge in [-0.25, -0.2) is 27.9 Å². The van der Waals surface area contributed by atoms with Crippen LogP contribution < -0.4 is 26.2 Å². The molecular weight excluding hydrogens is 674 g/mol. The lowest BCUT2D eigenvalue weighted by Crippen LogP contribution is -2.48. The highest BCUT2D eigenvalue weighted by Gasteiger charge is 2.56. The van der Waals surface area contributed by atoms with Crippen LogP contribution in [0.15, 0.2) is 52.2 Å². The van der Waals surface area contributed by atoms with Crippen LogP contribution in [0.3, 0.4) is 0 Å². The van der Waals surface area contributed by atoms with Crippen LogP contribution in [0.4, 0.5) is 9.18 Å². The molecule has 1 saturated heterocycles. The number of aromatic nitrogens is 2. The van der Waals surface area contributed by atoms with E-state index in [1.165, 1.54) is 19.1 Å². The molecule has 0 aliphatic carbocycles. The number of nitrogens with zero attached hydrogens (tertiary/aromatic N) is 2. The summed E-state index contributed by atoms with van der Waals surface area (Å²) in [7, 11) is -3.34. The number of benzene rings is 1. The Labute approximate surface area is 281 Å². The molecule has 1 fully saturated rings. The number of amides is 1. The van der Waals surface area contributed by atoms with Crippen LogP contribution >= 0.6 is 7.75 Å². The molecule has 2 aromatic rings. The van der Waals surface area contributed by atoms with Gasteiger partial charge in [-0.1, -0.05) is 32.0 Å². The fourth-order valence-corrected chi connectivity index (χ4v) is 6.09. The molecule has 1 aliphatic rings. The molecule has 1 aromatic heterocycles. The van der Waals surface area contributed by atoms with Crippen LogP contribution in [-0.2, 0) is 44.4 Å². The number of carbonyl (C=O) groups excluding carboxylic acids is 3. The van der Waals surface area contributed by atoms with Crippen molar-refractivity contribution in [2.75, 3.05) is 13.7 Å². The average Bonchev–Trinajstić information content (AvgIpc) is 3.25. The molecule has 19 heteroatoms. The summed E-state index contributed by atoms with van der Waals surface area (Å²) in [6.45, 7) is 7.12. The summed E-state index contributed by atoms with van der Waals surface area (Å²) in [6, 6.07) is 6.34. The van der Waals surface area contributed by atoms with Gasteiger partial charge in [0.25, 0.3) is 5.56 Å². The van der Waals surface area contributed by atoms with Gasteiger partial charge in [0.15, 0.2) is 18.6 Å². The Balaban J connectivity index is 1.82. The molecular formula is C30H42FN4O13P. The molecule has 49 heavy (non-hydrogen) atoms. The Morgan fingerprint density at radius 2 is 1.73 bits per heavy atom. The fraction of sp³-hybridized carbons (Fsp3) is 0.567. The van der Waals surface area contributed by atoms with Gasteiger partial charge in [0.05, 0.1) is 19.8 Å². The summed E-state index contributed by atoms with van der Waals surface area (Å²) in [5, 5.41) is 15.7. The van der Waals surface area contributed by atoms with Gasteiger partial charge in [-0.3, -0.25) is 18.7 Å². The Morgan fingerprint density at radius 3 is 2.33 bits per heavy atom. The fourth-order valence-electron chi connectivity index (χ4n) is 4.59. The molecule has 3 rings (SSSR count). The van der Waals surface area contributed by atoms with E-state index in [4.69, 9.17) is 23.3 Å². The van der Waals surface area contributed by atoms with E-state index in [1.807, 2.05) is 0 Å². The van der Waals surface area contributed by atoms with Crippen molar-refractivity contribution in [3.8, 4) is 5.75 Å². The van der Waals surface area contributed by atoms with Crippen molar-refractivity contribution in [3.63, 3.8) is 0 Å². The molecule has 272 valence electrons. The number of aliphatic hydroxyl groups excluding tert-OH is 1. The van der Waals surface area contributed by atoms with Crippen LogP contribution in [0.2, 0.25) is 0 Å². The van der Waals surface area contributed by atoms with Gasteiger partial charge in [0.1, 0.15) is 30.0 Å². The van der Waals surface area contributed by atoms with E-state index in [1.54, 1.807) is 45.9 Å². The van der Waals surface area contributed by atoms with Crippen LogP contribution in [0.5, 0.6) is 5.75 Å². The number of methoxy groups -OCH3 is 1. The SMILES string of the molecule is COC(=O)NC(C(=O)OCn1c(=O)ccn([C@@H]2O[C@H](COP(=O)(NC(C)C(=O)OC(C)C)Oc3ccccc3)[C@@H](O)[C@@]2(C)F)c1=O)C(C)C. The number of halogens is 1. The number of ether oxygens (including phenoxy) is 4. The zero-order chi connectivity index (χ0) is 36.7. The summed E-state index contributed by atoms with van der Waals surface area (Å²) in [6.07, 6.45) is -5.81. The van der Waals surface area contributed by atoms with E-state index in [0.717, 1.165) is 26.3 Å². The smallest absolute Gasteiger partial charge is 0.459 e. The van der Waals surface area contributed by atoms with E-state index >= 15 is 4.39 Å². The Hall–Kier alpha value is -4.09. The molecule has 2 heterocycles. The van der Waals surface area contributed by atoms with Gasteiger partial charge in [-0.05, 0) is 45.7 Å². The van der Waals surface area contributed by atoms with Crippen LogP contribution in [-0.4, -0.2) is 82.1 Å². The van der Waals surface area contributed by atoms with Gasteiger partial charge in [0, 0.05) is 12.3 Å². The zero-order valence-electron chi connectivity index (χ0n) is 28.1. The maximum absolute atomic E-state index is 16.1. The van der Waals surface area contributed by atoms with Crippen molar-refractivity contribution in [1.82, 2.24) is 19.5 Å². The number of aliphatic hydroxyl groups is 1. The van der Waals surface area contributed by atoms with Gasteiger partial charge >= 0.3 is 31.5 Å². The maximum Gasteiger partial charge on any atom is 0.459 e. The molecule has 0 saturated carbocycles. The summed E-state index contributed by atoms with van der Waals surface area (Å²) in [5.41, 5.74) is -4.76. The van der Waals surface area contributed by atoms with Crippen LogP contribution in [0, 0.1) is 5.92 Å². The average molecular weight is 717 g/mol. The molecule has 1 amide bonds. The topological polar surface area (TPSA) is 212 Å². The highest BCUT2D eigenvalue weighted by Crippen LogP contribution is 2.47. The molecule has 0 bridgehead atoms. The number of alkyl carbamates (subject to hydrolysis) is 1. The number of nitrogens with one attached hydrogen (secondary N) is 2. The second-order valence-corrected chi connectivity index (χ2v) is 13.6. The first-order valence-electron chi connectivity index (χ1n) is 15.2. The number of rotatable bonds is 15. The lowest BCUT2D eigenvalue weighted by Gasteiger charge is -2.26. The second-order valence-electron chi connectivity index (χ2n) is 11.9. The van der Waals surface area contributed by atoms with E-state index in [0.29, 0.717) is 9.13 Å². The summed E-state index contributed by atoms with van der Waals surface area (Å²) in [4.78, 5) is 62.7. The van der Waals surface area contributed by atoms with Crippen LogP contribution in [0.1, 0.15) is 47.8 Å². The minimum Gasteiger partial charge on any atom is -0.462 e. The number of alkyl halides is 1. The molecule has 17 nitrogen and oxygen atoms in total. The third kappa shape index (κ3) is 9.98. The zero-order valence-corrected chi connectivity index (χ0v) is 29.0. The van der Waals surface area contributed by atoms with Gasteiger partial charge < -0.3 is 33.9 Å². The lowest BCUT2D eigenvalue weighted by atomic mass is 9.98. The van der Waals surface area contributed by atoms with Crippen molar-refractivity contribution in [2.45, 2.75) is 90.6 Å². The highest BCUT2D eigenvalue weighted by molar-refractivity contribution is 7.52. The van der Waals surface area contributed by atoms with Crippen molar-refractivity contribution < 1.29 is 56.4 Å². The first-order valence-corrected chi connectivity index (χ1v) is 16.8. The summed E-state index contributed by atoms with van der Waals surface area (Å²) in [5.74, 6) is -2.11. The third-order valence-electron chi connectivity index (χ3n) is 7.22. The number of para-hydroxylation sites is 1. The largest absolute Gasteiger partial charge is 0.462 e. The van der Waals surface area contributed by atoms with E-state index in [9.17, 15) is 33.6 Å². The van der Waals surface area contributed by atoms with E-state index in [2.05, 4.69) is 15.1 Å². The maximum atomic E-state index is 16.1. The van der Waals surface area contributed by atoms with Gasteiger partial charge in [-0.15, -0.1) is 0 Å². The Morgan fingerprint density at radius 1 is 1.08 bits per heavy atom. The van der Waals surface area contributed by atoms with E-state index in [-0.39, 0.29) is 5.75 Å². The van der Waals surface area contributed by atoms with Crippen LogP contribution in [0.25, 0.3) is 0 Å². The minimum absolute atomic E-state index is 0.0964. The molecule has 7 atom stereocenters. The molecule has 1 aromatic carbocycles. The molecule has 3 N–H and O–H groups in total. The highest BCUT2D eigenvalue weighted by atomic mass is 31.2. The summed E-state index contributed by atoms with van der Waals surface area (Å²) >= 11 is 0. The lowest BCUT2D eigenvalue weighted by molar-refractivity contribution is -0.151.